The van der Waals surface area contributed by atoms with Crippen LogP contribution in [0.1, 0.15) is 25.8 Å². The Balaban J connectivity index is 2.43. The lowest BCUT2D eigenvalue weighted by atomic mass is 9.90. The summed E-state index contributed by atoms with van der Waals surface area (Å²) in [7, 11) is 3.85. The Bertz CT molecular complexity index is 570. The van der Waals surface area contributed by atoms with Crippen LogP contribution in [0.3, 0.4) is 0 Å². The number of nitrogens with zero attached hydrogens (tertiary/aromatic N) is 2. The molecule has 2 unspecified atom stereocenters. The zero-order valence-electron chi connectivity index (χ0n) is 12.8. The van der Waals surface area contributed by atoms with Crippen LogP contribution in [0.15, 0.2) is 24.3 Å². The van der Waals surface area contributed by atoms with Crippen molar-refractivity contribution in [3.8, 4) is 0 Å². The largest absolute Gasteiger partial charge is 0.465 e. The molecular formula is C15H20N2O4. The number of nitro groups is 1. The number of carbonyl (C=O) groups is 1. The van der Waals surface area contributed by atoms with Gasteiger partial charge >= 0.3 is 5.97 Å². The first kappa shape index (κ1) is 15.4. The summed E-state index contributed by atoms with van der Waals surface area (Å²) in [5, 5.41) is 10.8. The SMILES string of the molecule is CCOC(=O)C1(c2ccc([N+](=O)[O-])cc2)CC1(C)N(C)C. The average Bonchev–Trinajstić information content (AvgIpc) is 3.09. The summed E-state index contributed by atoms with van der Waals surface area (Å²) in [5.74, 6) is -0.268. The molecule has 1 saturated carbocycles. The maximum absolute atomic E-state index is 12.5. The van der Waals surface area contributed by atoms with Crippen LogP contribution in [0.4, 0.5) is 5.69 Å². The lowest BCUT2D eigenvalue weighted by molar-refractivity contribution is -0.384. The smallest absolute Gasteiger partial charge is 0.318 e. The Morgan fingerprint density at radius 1 is 1.38 bits per heavy atom. The zero-order valence-corrected chi connectivity index (χ0v) is 12.8. The molecule has 1 aromatic rings. The molecule has 0 N–H and O–H groups in total. The molecule has 0 amide bonds. The van der Waals surface area contributed by atoms with Gasteiger partial charge in [0.05, 0.1) is 11.5 Å². The van der Waals surface area contributed by atoms with Gasteiger partial charge in [-0.05, 0) is 39.9 Å². The molecular weight excluding hydrogens is 272 g/mol. The van der Waals surface area contributed by atoms with Crippen LogP contribution in [-0.2, 0) is 14.9 Å². The van der Waals surface area contributed by atoms with Gasteiger partial charge in [0.2, 0.25) is 0 Å². The molecule has 1 aliphatic carbocycles. The van der Waals surface area contributed by atoms with Gasteiger partial charge in [-0.15, -0.1) is 0 Å². The summed E-state index contributed by atoms with van der Waals surface area (Å²) in [5.41, 5.74) is -0.301. The van der Waals surface area contributed by atoms with Crippen LogP contribution in [-0.4, -0.2) is 42.0 Å². The molecule has 1 aromatic carbocycles. The first-order valence-corrected chi connectivity index (χ1v) is 6.89. The van der Waals surface area contributed by atoms with Crippen molar-refractivity contribution in [3.63, 3.8) is 0 Å². The average molecular weight is 292 g/mol. The van der Waals surface area contributed by atoms with Crippen molar-refractivity contribution in [2.75, 3.05) is 20.7 Å². The first-order chi connectivity index (χ1) is 9.79. The number of nitro benzene ring substituents is 1. The third-order valence-corrected chi connectivity index (χ3v) is 4.59. The van der Waals surface area contributed by atoms with E-state index in [0.717, 1.165) is 5.56 Å². The number of carbonyl (C=O) groups excluding carboxylic acids is 1. The Morgan fingerprint density at radius 2 is 1.95 bits per heavy atom. The molecule has 0 aromatic heterocycles. The van der Waals surface area contributed by atoms with E-state index in [9.17, 15) is 14.9 Å². The lowest BCUT2D eigenvalue weighted by Gasteiger charge is -2.27. The van der Waals surface area contributed by atoms with Gasteiger partial charge in [0.25, 0.3) is 5.69 Å². The van der Waals surface area contributed by atoms with Crippen molar-refractivity contribution >= 4 is 11.7 Å². The maximum atomic E-state index is 12.5. The molecule has 0 spiro atoms. The fourth-order valence-electron chi connectivity index (χ4n) is 2.96. The van der Waals surface area contributed by atoms with E-state index >= 15 is 0 Å². The van der Waals surface area contributed by atoms with Crippen LogP contribution in [0.5, 0.6) is 0 Å². The molecule has 6 heteroatoms. The van der Waals surface area contributed by atoms with Crippen LogP contribution >= 0.6 is 0 Å². The molecule has 0 bridgehead atoms. The quantitative estimate of drug-likeness (QED) is 0.472. The number of likely N-dealkylation sites (N-methyl/N-ethyl adjacent to an activating group) is 1. The molecule has 2 rings (SSSR count). The van der Waals surface area contributed by atoms with E-state index in [4.69, 9.17) is 4.74 Å². The van der Waals surface area contributed by atoms with Crippen molar-refractivity contribution in [1.82, 2.24) is 4.90 Å². The molecule has 1 fully saturated rings. The highest BCUT2D eigenvalue weighted by atomic mass is 16.6. The number of hydrogen-bond acceptors (Lipinski definition) is 5. The minimum Gasteiger partial charge on any atom is -0.465 e. The molecule has 1 aliphatic rings. The van der Waals surface area contributed by atoms with E-state index in [1.807, 2.05) is 25.9 Å². The van der Waals surface area contributed by atoms with Gasteiger partial charge in [0.15, 0.2) is 0 Å². The van der Waals surface area contributed by atoms with Gasteiger partial charge < -0.3 is 9.64 Å². The Labute approximate surface area is 123 Å². The van der Waals surface area contributed by atoms with Crippen LogP contribution < -0.4 is 0 Å². The monoisotopic (exact) mass is 292 g/mol. The zero-order chi connectivity index (χ0) is 15.8. The number of ether oxygens (including phenoxy) is 1. The second-order valence-electron chi connectivity index (χ2n) is 5.77. The predicted molar refractivity (Wildman–Crippen MR) is 78.1 cm³/mol. The maximum Gasteiger partial charge on any atom is 0.318 e. The second-order valence-corrected chi connectivity index (χ2v) is 5.77. The van der Waals surface area contributed by atoms with Gasteiger partial charge in [-0.25, -0.2) is 0 Å². The molecule has 6 nitrogen and oxygen atoms in total. The Kier molecular flexibility index (Phi) is 3.76. The predicted octanol–water partition coefficient (Wildman–Crippen LogP) is 2.12. The Hall–Kier alpha value is -1.95. The first-order valence-electron chi connectivity index (χ1n) is 6.89. The number of hydrogen-bond donors (Lipinski definition) is 0. The molecule has 0 radical (unpaired) electrons. The summed E-state index contributed by atoms with van der Waals surface area (Å²) >= 11 is 0. The highest BCUT2D eigenvalue weighted by Crippen LogP contribution is 2.61. The Morgan fingerprint density at radius 3 is 2.33 bits per heavy atom. The molecule has 0 aliphatic heterocycles. The van der Waals surface area contributed by atoms with Crippen LogP contribution in [0, 0.1) is 10.1 Å². The third kappa shape index (κ3) is 2.19. The second kappa shape index (κ2) is 5.11. The summed E-state index contributed by atoms with van der Waals surface area (Å²) in [6, 6.07) is 6.18. The molecule has 114 valence electrons. The van der Waals surface area contributed by atoms with Gasteiger partial charge in [0, 0.05) is 17.7 Å². The topological polar surface area (TPSA) is 72.7 Å². The molecule has 21 heavy (non-hydrogen) atoms. The number of esters is 1. The van der Waals surface area contributed by atoms with E-state index in [0.29, 0.717) is 13.0 Å². The van der Waals surface area contributed by atoms with Crippen molar-refractivity contribution < 1.29 is 14.5 Å². The van der Waals surface area contributed by atoms with Crippen molar-refractivity contribution in [2.24, 2.45) is 0 Å². The number of rotatable bonds is 5. The highest BCUT2D eigenvalue weighted by molar-refractivity contribution is 5.90. The van der Waals surface area contributed by atoms with Gasteiger partial charge in [-0.1, -0.05) is 12.1 Å². The van der Waals surface area contributed by atoms with Gasteiger partial charge in [0.1, 0.15) is 5.41 Å². The van der Waals surface area contributed by atoms with Crippen LogP contribution in [0.25, 0.3) is 0 Å². The molecule has 2 atom stereocenters. The standard InChI is InChI=1S/C15H20N2O4/c1-5-21-13(18)15(10-14(15,2)16(3)4)11-6-8-12(9-7-11)17(19)20/h6-9H,5,10H2,1-4H3. The van der Waals surface area contributed by atoms with E-state index in [1.54, 1.807) is 19.1 Å². The minimum absolute atomic E-state index is 0.0185. The van der Waals surface area contributed by atoms with Gasteiger partial charge in [-0.3, -0.25) is 14.9 Å². The fraction of sp³-hybridized carbons (Fsp3) is 0.533. The van der Waals surface area contributed by atoms with E-state index in [1.165, 1.54) is 12.1 Å². The molecule has 0 heterocycles. The van der Waals surface area contributed by atoms with Gasteiger partial charge in [-0.2, -0.15) is 0 Å². The van der Waals surface area contributed by atoms with E-state index in [2.05, 4.69) is 0 Å². The van der Waals surface area contributed by atoms with E-state index in [-0.39, 0.29) is 17.2 Å². The van der Waals surface area contributed by atoms with Crippen molar-refractivity contribution in [2.45, 2.75) is 31.2 Å². The lowest BCUT2D eigenvalue weighted by Crippen LogP contribution is -2.40. The van der Waals surface area contributed by atoms with E-state index < -0.39 is 10.3 Å². The minimum atomic E-state index is -0.748. The van der Waals surface area contributed by atoms with Crippen molar-refractivity contribution in [3.05, 3.63) is 39.9 Å². The number of benzene rings is 1. The summed E-state index contributed by atoms with van der Waals surface area (Å²) in [6.07, 6.45) is 0.643. The normalized spacial score (nSPS) is 27.5. The van der Waals surface area contributed by atoms with Crippen molar-refractivity contribution in [1.29, 1.82) is 0 Å². The third-order valence-electron chi connectivity index (χ3n) is 4.59. The van der Waals surface area contributed by atoms with Crippen LogP contribution in [0.2, 0.25) is 0 Å². The molecule has 0 saturated heterocycles. The summed E-state index contributed by atoms with van der Waals surface area (Å²) in [6.45, 7) is 4.10. The summed E-state index contributed by atoms with van der Waals surface area (Å²) < 4.78 is 5.25. The number of non-ortho nitro benzene ring substituents is 1. The highest BCUT2D eigenvalue weighted by Gasteiger charge is 2.72. The fourth-order valence-corrected chi connectivity index (χ4v) is 2.96. The summed E-state index contributed by atoms with van der Waals surface area (Å²) in [4.78, 5) is 24.8.